The highest BCUT2D eigenvalue weighted by atomic mass is 19.4. The fourth-order valence-corrected chi connectivity index (χ4v) is 2.56. The van der Waals surface area contributed by atoms with Gasteiger partial charge in [0.05, 0.1) is 5.56 Å². The second-order valence-corrected chi connectivity index (χ2v) is 6.34. The van der Waals surface area contributed by atoms with Gasteiger partial charge in [-0.1, -0.05) is 12.1 Å². The monoisotopic (exact) mass is 422 g/mol. The van der Waals surface area contributed by atoms with E-state index in [1.807, 2.05) is 0 Å². The van der Waals surface area contributed by atoms with Gasteiger partial charge in [0.15, 0.2) is 0 Å². The third-order valence-corrected chi connectivity index (χ3v) is 4.00. The Bertz CT molecular complexity index is 999. The number of anilines is 1. The van der Waals surface area contributed by atoms with Crippen LogP contribution >= 0.6 is 0 Å². The van der Waals surface area contributed by atoms with Crippen molar-refractivity contribution in [2.45, 2.75) is 19.0 Å². The third kappa shape index (κ3) is 6.00. The number of benzene rings is 2. The fourth-order valence-electron chi connectivity index (χ4n) is 2.56. The molecule has 0 unspecified atom stereocenters. The molecule has 0 fully saturated rings. The van der Waals surface area contributed by atoms with E-state index in [4.69, 9.17) is 4.74 Å². The molecule has 0 spiro atoms. The molecule has 0 aliphatic carbocycles. The Morgan fingerprint density at radius 2 is 1.63 bits per heavy atom. The van der Waals surface area contributed by atoms with Crippen molar-refractivity contribution in [1.82, 2.24) is 4.98 Å². The highest BCUT2D eigenvalue weighted by Gasteiger charge is 2.30. The van der Waals surface area contributed by atoms with Crippen LogP contribution in [0.4, 0.5) is 27.6 Å². The molecular weight excluding hydrogens is 407 g/mol. The van der Waals surface area contributed by atoms with Crippen LogP contribution in [-0.4, -0.2) is 10.9 Å². The summed E-state index contributed by atoms with van der Waals surface area (Å²) in [6, 6.07) is 11.3. The van der Waals surface area contributed by atoms with Crippen LogP contribution in [-0.2, 0) is 17.4 Å². The lowest BCUT2D eigenvalue weighted by Gasteiger charge is -2.09. The maximum atomic E-state index is 13.1. The molecule has 0 saturated carbocycles. The lowest BCUT2D eigenvalue weighted by atomic mass is 10.1. The standard InChI is InChI=1S/C21H15F5N2O2/c22-15-9-16(23)11-17(10-15)28-19(29)7-3-13-1-5-18(6-2-13)30-20-8-4-14(12-27-20)21(24,25)26/h1-2,4-6,8-12H,3,7H2,(H,28,29). The van der Waals surface area contributed by atoms with E-state index >= 15 is 0 Å². The molecule has 3 rings (SSSR count). The number of carbonyl (C=O) groups excluding carboxylic acids is 1. The van der Waals surface area contributed by atoms with Gasteiger partial charge < -0.3 is 10.1 Å². The highest BCUT2D eigenvalue weighted by Crippen LogP contribution is 2.30. The summed E-state index contributed by atoms with van der Waals surface area (Å²) in [4.78, 5) is 15.6. The third-order valence-electron chi connectivity index (χ3n) is 4.00. The molecule has 1 N–H and O–H groups in total. The largest absolute Gasteiger partial charge is 0.439 e. The predicted molar refractivity (Wildman–Crippen MR) is 99.1 cm³/mol. The van der Waals surface area contributed by atoms with Gasteiger partial charge in [0.1, 0.15) is 17.4 Å². The van der Waals surface area contributed by atoms with Crippen LogP contribution in [0, 0.1) is 11.6 Å². The number of amides is 1. The number of rotatable bonds is 6. The number of aromatic nitrogens is 1. The van der Waals surface area contributed by atoms with Gasteiger partial charge in [0, 0.05) is 30.4 Å². The maximum Gasteiger partial charge on any atom is 0.417 e. The van der Waals surface area contributed by atoms with Crippen LogP contribution in [0.3, 0.4) is 0 Å². The van der Waals surface area contributed by atoms with Crippen molar-refractivity contribution in [2.75, 3.05) is 5.32 Å². The predicted octanol–water partition coefficient (Wildman–Crippen LogP) is 5.74. The second kappa shape index (κ2) is 8.89. The Labute approximate surface area is 168 Å². The highest BCUT2D eigenvalue weighted by molar-refractivity contribution is 5.90. The van der Waals surface area contributed by atoms with E-state index in [1.165, 1.54) is 0 Å². The maximum absolute atomic E-state index is 13.1. The van der Waals surface area contributed by atoms with E-state index < -0.39 is 29.3 Å². The van der Waals surface area contributed by atoms with Crippen LogP contribution in [0.25, 0.3) is 0 Å². The molecule has 30 heavy (non-hydrogen) atoms. The summed E-state index contributed by atoms with van der Waals surface area (Å²) in [7, 11) is 0. The molecule has 0 radical (unpaired) electrons. The molecule has 0 aliphatic rings. The quantitative estimate of drug-likeness (QED) is 0.516. The molecule has 0 aliphatic heterocycles. The van der Waals surface area contributed by atoms with Crippen molar-refractivity contribution >= 4 is 11.6 Å². The van der Waals surface area contributed by atoms with Gasteiger partial charge in [-0.15, -0.1) is 0 Å². The van der Waals surface area contributed by atoms with Crippen molar-refractivity contribution in [3.05, 3.63) is 83.6 Å². The van der Waals surface area contributed by atoms with Crippen LogP contribution in [0.5, 0.6) is 11.6 Å². The first kappa shape index (κ1) is 21.2. The molecular formula is C21H15F5N2O2. The Morgan fingerprint density at radius 3 is 2.20 bits per heavy atom. The average Bonchev–Trinajstić information content (AvgIpc) is 2.66. The summed E-state index contributed by atoms with van der Waals surface area (Å²) in [5.41, 5.74) is -0.0435. The summed E-state index contributed by atoms with van der Waals surface area (Å²) in [5.74, 6) is -1.61. The minimum absolute atomic E-state index is 0.0115. The number of hydrogen-bond acceptors (Lipinski definition) is 3. The lowest BCUT2D eigenvalue weighted by Crippen LogP contribution is -2.12. The molecule has 156 valence electrons. The van der Waals surface area contributed by atoms with Crippen molar-refractivity contribution in [3.8, 4) is 11.6 Å². The Morgan fingerprint density at radius 1 is 0.967 bits per heavy atom. The van der Waals surface area contributed by atoms with Crippen molar-refractivity contribution < 1.29 is 31.5 Å². The molecule has 0 bridgehead atoms. The molecule has 4 nitrogen and oxygen atoms in total. The molecule has 0 atom stereocenters. The van der Waals surface area contributed by atoms with Crippen LogP contribution in [0.2, 0.25) is 0 Å². The summed E-state index contributed by atoms with van der Waals surface area (Å²) in [6.45, 7) is 0. The number of alkyl halides is 3. The first-order valence-electron chi connectivity index (χ1n) is 8.75. The van der Waals surface area contributed by atoms with Gasteiger partial charge >= 0.3 is 6.18 Å². The van der Waals surface area contributed by atoms with Crippen LogP contribution < -0.4 is 10.1 Å². The van der Waals surface area contributed by atoms with Gasteiger partial charge in [-0.05, 0) is 42.3 Å². The summed E-state index contributed by atoms with van der Waals surface area (Å²) in [6.07, 6.45) is -3.34. The minimum atomic E-state index is -4.47. The van der Waals surface area contributed by atoms with Crippen LogP contribution in [0.1, 0.15) is 17.5 Å². The van der Waals surface area contributed by atoms with E-state index in [9.17, 15) is 26.7 Å². The van der Waals surface area contributed by atoms with Gasteiger partial charge in [-0.2, -0.15) is 13.2 Å². The molecule has 1 amide bonds. The zero-order chi connectivity index (χ0) is 21.7. The molecule has 2 aromatic carbocycles. The Balaban J connectivity index is 1.52. The van der Waals surface area contributed by atoms with E-state index in [0.29, 0.717) is 24.4 Å². The molecule has 1 aromatic heterocycles. The number of nitrogens with zero attached hydrogens (tertiary/aromatic N) is 1. The zero-order valence-electron chi connectivity index (χ0n) is 15.3. The minimum Gasteiger partial charge on any atom is -0.439 e. The summed E-state index contributed by atoms with van der Waals surface area (Å²) < 4.78 is 69.3. The lowest BCUT2D eigenvalue weighted by molar-refractivity contribution is -0.137. The van der Waals surface area contributed by atoms with E-state index in [0.717, 1.165) is 29.8 Å². The number of pyridine rings is 1. The zero-order valence-corrected chi connectivity index (χ0v) is 15.3. The summed E-state index contributed by atoms with van der Waals surface area (Å²) >= 11 is 0. The van der Waals surface area contributed by atoms with Crippen molar-refractivity contribution in [1.29, 1.82) is 0 Å². The molecule has 1 heterocycles. The summed E-state index contributed by atoms with van der Waals surface area (Å²) in [5, 5.41) is 2.42. The SMILES string of the molecule is O=C(CCc1ccc(Oc2ccc(C(F)(F)F)cn2)cc1)Nc1cc(F)cc(F)c1. The Kier molecular flexibility index (Phi) is 6.29. The molecule has 3 aromatic rings. The normalized spacial score (nSPS) is 11.2. The number of carbonyl (C=O) groups is 1. The van der Waals surface area contributed by atoms with Gasteiger partial charge in [0.25, 0.3) is 0 Å². The average molecular weight is 422 g/mol. The van der Waals surface area contributed by atoms with Gasteiger partial charge in [0.2, 0.25) is 11.8 Å². The Hall–Kier alpha value is -3.49. The number of hydrogen-bond donors (Lipinski definition) is 1. The van der Waals surface area contributed by atoms with Gasteiger partial charge in [-0.3, -0.25) is 4.79 Å². The second-order valence-electron chi connectivity index (χ2n) is 6.34. The van der Waals surface area contributed by atoms with E-state index in [2.05, 4.69) is 10.3 Å². The molecule has 0 saturated heterocycles. The number of halogens is 5. The first-order chi connectivity index (χ1) is 14.2. The first-order valence-corrected chi connectivity index (χ1v) is 8.75. The van der Waals surface area contributed by atoms with Crippen LogP contribution in [0.15, 0.2) is 60.8 Å². The van der Waals surface area contributed by atoms with Crippen molar-refractivity contribution in [3.63, 3.8) is 0 Å². The number of ether oxygens (including phenoxy) is 1. The fraction of sp³-hybridized carbons (Fsp3) is 0.143. The van der Waals surface area contributed by atoms with E-state index in [1.54, 1.807) is 24.3 Å². The number of aryl methyl sites for hydroxylation is 1. The number of nitrogens with one attached hydrogen (secondary N) is 1. The van der Waals surface area contributed by atoms with Gasteiger partial charge in [-0.25, -0.2) is 13.8 Å². The molecule has 9 heteroatoms. The topological polar surface area (TPSA) is 51.2 Å². The van der Waals surface area contributed by atoms with E-state index in [-0.39, 0.29) is 18.0 Å². The smallest absolute Gasteiger partial charge is 0.417 e. The van der Waals surface area contributed by atoms with Crippen molar-refractivity contribution in [2.24, 2.45) is 0 Å².